The Hall–Kier alpha value is -3.35. The number of imidazole rings is 1. The molecule has 1 N–H and O–H groups in total. The van der Waals surface area contributed by atoms with Crippen molar-refractivity contribution in [1.29, 1.82) is 0 Å². The molecule has 4 rings (SSSR count). The third-order valence-electron chi connectivity index (χ3n) is 6.40. The van der Waals surface area contributed by atoms with Crippen LogP contribution in [-0.2, 0) is 22.6 Å². The minimum atomic E-state index is -0.336. The van der Waals surface area contributed by atoms with Gasteiger partial charge in [-0.25, -0.2) is 4.98 Å². The Morgan fingerprint density at radius 3 is 2.52 bits per heavy atom. The van der Waals surface area contributed by atoms with E-state index < -0.39 is 0 Å². The molecule has 7 heteroatoms. The maximum Gasteiger partial charge on any atom is 0.242 e. The molecule has 1 aliphatic heterocycles. The molecule has 0 aliphatic carbocycles. The Bertz CT molecular complexity index is 1110. The summed E-state index contributed by atoms with van der Waals surface area (Å²) in [5.41, 5.74) is 2.63. The third kappa shape index (κ3) is 5.35. The Balaban J connectivity index is 1.50. The summed E-state index contributed by atoms with van der Waals surface area (Å²) in [4.78, 5) is 32.5. The zero-order valence-electron chi connectivity index (χ0n) is 19.6. The summed E-state index contributed by atoms with van der Waals surface area (Å²) < 4.78 is 7.13. The first-order chi connectivity index (χ1) is 15.9. The zero-order valence-corrected chi connectivity index (χ0v) is 19.6. The number of hydrogen-bond donors (Lipinski definition) is 1. The fourth-order valence-corrected chi connectivity index (χ4v) is 4.37. The second-order valence-corrected chi connectivity index (χ2v) is 8.92. The number of nitrogens with one attached hydrogen (secondary N) is 1. The number of carbonyl (C=O) groups excluding carboxylic acids is 2. The van der Waals surface area contributed by atoms with Gasteiger partial charge >= 0.3 is 0 Å². The summed E-state index contributed by atoms with van der Waals surface area (Å²) in [6.07, 6.45) is 2.35. The molecule has 1 atom stereocenters. The van der Waals surface area contributed by atoms with Crippen LogP contribution in [0.2, 0.25) is 0 Å². The molecule has 174 valence electrons. The van der Waals surface area contributed by atoms with E-state index >= 15 is 0 Å². The molecule has 2 amide bonds. The fraction of sp³-hybridized carbons (Fsp3) is 0.423. The quantitative estimate of drug-likeness (QED) is 0.598. The number of methoxy groups -OCH3 is 1. The van der Waals surface area contributed by atoms with E-state index in [-0.39, 0.29) is 30.8 Å². The average molecular weight is 449 g/mol. The SMILES string of the molecule is COc1ccc(CC(=O)NC(C)c2nc3ccccc3n2CC(=O)N2CCC(C)CC2)cc1. The molecule has 2 aromatic carbocycles. The summed E-state index contributed by atoms with van der Waals surface area (Å²) in [7, 11) is 1.62. The van der Waals surface area contributed by atoms with Crippen molar-refractivity contribution in [2.24, 2.45) is 5.92 Å². The lowest BCUT2D eigenvalue weighted by Crippen LogP contribution is -2.40. The molecular formula is C26H32N4O3. The van der Waals surface area contributed by atoms with Gasteiger partial charge in [0.05, 0.1) is 30.6 Å². The van der Waals surface area contributed by atoms with E-state index in [1.807, 2.05) is 64.9 Å². The van der Waals surface area contributed by atoms with Crippen molar-refractivity contribution >= 4 is 22.8 Å². The Kier molecular flexibility index (Phi) is 6.96. The number of benzene rings is 2. The van der Waals surface area contributed by atoms with Crippen LogP contribution in [0, 0.1) is 5.92 Å². The largest absolute Gasteiger partial charge is 0.497 e. The van der Waals surface area contributed by atoms with Crippen molar-refractivity contribution in [3.63, 3.8) is 0 Å². The number of carbonyl (C=O) groups is 2. The highest BCUT2D eigenvalue weighted by Gasteiger charge is 2.24. The zero-order chi connectivity index (χ0) is 23.4. The van der Waals surface area contributed by atoms with E-state index in [2.05, 4.69) is 12.2 Å². The lowest BCUT2D eigenvalue weighted by Gasteiger charge is -2.30. The van der Waals surface area contributed by atoms with E-state index in [9.17, 15) is 9.59 Å². The first-order valence-corrected chi connectivity index (χ1v) is 11.6. The van der Waals surface area contributed by atoms with Gasteiger partial charge in [-0.3, -0.25) is 9.59 Å². The van der Waals surface area contributed by atoms with Gasteiger partial charge in [0.15, 0.2) is 0 Å². The summed E-state index contributed by atoms with van der Waals surface area (Å²) >= 11 is 0. The third-order valence-corrected chi connectivity index (χ3v) is 6.40. The molecule has 7 nitrogen and oxygen atoms in total. The van der Waals surface area contributed by atoms with E-state index in [1.165, 1.54) is 0 Å². The van der Waals surface area contributed by atoms with Gasteiger partial charge < -0.3 is 19.5 Å². The van der Waals surface area contributed by atoms with Gasteiger partial charge in [0.25, 0.3) is 0 Å². The number of nitrogens with zero attached hydrogens (tertiary/aromatic N) is 3. The van der Waals surface area contributed by atoms with E-state index in [0.29, 0.717) is 11.7 Å². The van der Waals surface area contributed by atoms with Gasteiger partial charge in [-0.05, 0) is 55.5 Å². The lowest BCUT2D eigenvalue weighted by atomic mass is 9.99. The normalized spacial score (nSPS) is 15.4. The summed E-state index contributed by atoms with van der Waals surface area (Å²) in [6.45, 7) is 5.98. The molecule has 1 aliphatic rings. The Morgan fingerprint density at radius 2 is 1.82 bits per heavy atom. The minimum absolute atomic E-state index is 0.0948. The second-order valence-electron chi connectivity index (χ2n) is 8.92. The number of amides is 2. The monoisotopic (exact) mass is 448 g/mol. The molecule has 0 radical (unpaired) electrons. The molecule has 1 saturated heterocycles. The molecule has 1 unspecified atom stereocenters. The lowest BCUT2D eigenvalue weighted by molar-refractivity contribution is -0.133. The van der Waals surface area contributed by atoms with Crippen molar-refractivity contribution in [1.82, 2.24) is 19.8 Å². The van der Waals surface area contributed by atoms with E-state index in [1.54, 1.807) is 7.11 Å². The number of hydrogen-bond acceptors (Lipinski definition) is 4. The Morgan fingerprint density at radius 1 is 1.12 bits per heavy atom. The molecule has 3 aromatic rings. The second kappa shape index (κ2) is 10.1. The highest BCUT2D eigenvalue weighted by atomic mass is 16.5. The number of ether oxygens (including phenoxy) is 1. The molecule has 2 heterocycles. The van der Waals surface area contributed by atoms with Gasteiger partial charge in [0.1, 0.15) is 18.1 Å². The molecule has 0 bridgehead atoms. The Labute approximate surface area is 194 Å². The van der Waals surface area contributed by atoms with Crippen LogP contribution >= 0.6 is 0 Å². The first-order valence-electron chi connectivity index (χ1n) is 11.6. The van der Waals surface area contributed by atoms with Gasteiger partial charge in [-0.1, -0.05) is 31.2 Å². The van der Waals surface area contributed by atoms with E-state index in [0.717, 1.165) is 48.3 Å². The van der Waals surface area contributed by atoms with Crippen molar-refractivity contribution < 1.29 is 14.3 Å². The fourth-order valence-electron chi connectivity index (χ4n) is 4.37. The maximum atomic E-state index is 13.1. The molecular weight excluding hydrogens is 416 g/mol. The smallest absolute Gasteiger partial charge is 0.242 e. The van der Waals surface area contributed by atoms with Gasteiger partial charge in [0.2, 0.25) is 11.8 Å². The summed E-state index contributed by atoms with van der Waals surface area (Å²) in [5.74, 6) is 2.12. The van der Waals surface area contributed by atoms with Gasteiger partial charge in [0, 0.05) is 13.1 Å². The number of likely N-dealkylation sites (tertiary alicyclic amines) is 1. The van der Waals surface area contributed by atoms with Crippen LogP contribution in [0.1, 0.15) is 44.1 Å². The topological polar surface area (TPSA) is 76.5 Å². The van der Waals surface area contributed by atoms with Crippen LogP contribution in [0.3, 0.4) is 0 Å². The van der Waals surface area contributed by atoms with Crippen molar-refractivity contribution in [2.45, 2.75) is 45.7 Å². The van der Waals surface area contributed by atoms with Crippen LogP contribution in [0.25, 0.3) is 11.0 Å². The van der Waals surface area contributed by atoms with Crippen LogP contribution in [-0.4, -0.2) is 46.5 Å². The standard InChI is InChI=1S/C26H32N4O3/c1-18-12-14-29(15-13-18)25(32)17-30-23-7-5-4-6-22(23)28-26(30)19(2)27-24(31)16-20-8-10-21(33-3)11-9-20/h4-11,18-19H,12-17H2,1-3H3,(H,27,31). The number of piperidine rings is 1. The average Bonchev–Trinajstić information content (AvgIpc) is 3.18. The maximum absolute atomic E-state index is 13.1. The van der Waals surface area contributed by atoms with Crippen molar-refractivity contribution in [3.05, 3.63) is 59.9 Å². The van der Waals surface area contributed by atoms with Crippen molar-refractivity contribution in [3.8, 4) is 5.75 Å². The molecule has 33 heavy (non-hydrogen) atoms. The molecule has 1 fully saturated rings. The number of para-hydroxylation sites is 2. The van der Waals surface area contributed by atoms with Gasteiger partial charge in [-0.15, -0.1) is 0 Å². The van der Waals surface area contributed by atoms with Crippen LogP contribution in [0.5, 0.6) is 5.75 Å². The molecule has 0 saturated carbocycles. The number of aromatic nitrogens is 2. The van der Waals surface area contributed by atoms with Gasteiger partial charge in [-0.2, -0.15) is 0 Å². The predicted molar refractivity (Wildman–Crippen MR) is 128 cm³/mol. The van der Waals surface area contributed by atoms with Crippen LogP contribution in [0.15, 0.2) is 48.5 Å². The molecule has 0 spiro atoms. The summed E-state index contributed by atoms with van der Waals surface area (Å²) in [5, 5.41) is 3.05. The van der Waals surface area contributed by atoms with Crippen LogP contribution < -0.4 is 10.1 Å². The van der Waals surface area contributed by atoms with Crippen LogP contribution in [0.4, 0.5) is 0 Å². The highest BCUT2D eigenvalue weighted by Crippen LogP contribution is 2.23. The number of rotatable bonds is 7. The van der Waals surface area contributed by atoms with E-state index in [4.69, 9.17) is 9.72 Å². The minimum Gasteiger partial charge on any atom is -0.497 e. The highest BCUT2D eigenvalue weighted by molar-refractivity contribution is 5.82. The van der Waals surface area contributed by atoms with Crippen molar-refractivity contribution in [2.75, 3.05) is 20.2 Å². The molecule has 1 aromatic heterocycles. The first kappa shape index (κ1) is 22.8. The predicted octanol–water partition coefficient (Wildman–Crippen LogP) is 3.72. The summed E-state index contributed by atoms with van der Waals surface area (Å²) in [6, 6.07) is 14.9. The number of fused-ring (bicyclic) bond motifs is 1.